The molecule has 1 aromatic carbocycles. The maximum atomic E-state index is 13.6. The molecular formula is C16H12FN3O. The van der Waals surface area contributed by atoms with Crippen molar-refractivity contribution in [3.05, 3.63) is 47.0 Å². The highest BCUT2D eigenvalue weighted by Gasteiger charge is 2.27. The van der Waals surface area contributed by atoms with Gasteiger partial charge in [-0.3, -0.25) is 9.78 Å². The molecule has 1 aliphatic heterocycles. The Hall–Kier alpha value is -2.74. The predicted molar refractivity (Wildman–Crippen MR) is 76.1 cm³/mol. The van der Waals surface area contributed by atoms with E-state index in [9.17, 15) is 9.18 Å². The van der Waals surface area contributed by atoms with E-state index in [0.29, 0.717) is 28.1 Å². The third kappa shape index (κ3) is 2.05. The zero-order valence-electron chi connectivity index (χ0n) is 11.6. The van der Waals surface area contributed by atoms with Crippen molar-refractivity contribution in [2.45, 2.75) is 19.8 Å². The van der Waals surface area contributed by atoms with Gasteiger partial charge in [0, 0.05) is 16.8 Å². The summed E-state index contributed by atoms with van der Waals surface area (Å²) in [6.45, 7) is 3.52. The summed E-state index contributed by atoms with van der Waals surface area (Å²) in [5.74, 6) is -1.16. The number of pyridine rings is 1. The number of halogens is 1. The van der Waals surface area contributed by atoms with Crippen molar-refractivity contribution < 1.29 is 9.18 Å². The van der Waals surface area contributed by atoms with E-state index in [-0.39, 0.29) is 5.91 Å². The first kappa shape index (κ1) is 13.3. The fourth-order valence-corrected chi connectivity index (χ4v) is 2.53. The molecule has 0 aliphatic carbocycles. The van der Waals surface area contributed by atoms with E-state index in [4.69, 9.17) is 5.26 Å². The van der Waals surface area contributed by atoms with Gasteiger partial charge in [0.05, 0.1) is 29.4 Å². The molecule has 104 valence electrons. The third-order valence-electron chi connectivity index (χ3n) is 3.72. The minimum Gasteiger partial charge on any atom is -0.325 e. The number of nitrogens with zero attached hydrogens (tertiary/aromatic N) is 2. The summed E-state index contributed by atoms with van der Waals surface area (Å²) in [6.07, 6.45) is 1.10. The lowest BCUT2D eigenvalue weighted by atomic mass is 9.95. The summed E-state index contributed by atoms with van der Waals surface area (Å²) in [5, 5.41) is 12.0. The molecule has 1 N–H and O–H groups in total. The van der Waals surface area contributed by atoms with Gasteiger partial charge in [0.1, 0.15) is 5.82 Å². The zero-order valence-corrected chi connectivity index (χ0v) is 11.6. The second-order valence-corrected chi connectivity index (χ2v) is 5.12. The number of carbonyl (C=O) groups is 1. The number of nitriles is 1. The van der Waals surface area contributed by atoms with E-state index < -0.39 is 11.7 Å². The SMILES string of the molecule is Cc1cc2c(cc1C#N)-c1cc(F)cnc1C(C)C(=O)N2. The van der Waals surface area contributed by atoms with Crippen LogP contribution in [0.25, 0.3) is 11.1 Å². The third-order valence-corrected chi connectivity index (χ3v) is 3.72. The minimum atomic E-state index is -0.487. The number of anilines is 1. The molecule has 0 saturated heterocycles. The molecule has 1 unspecified atom stereocenters. The molecule has 4 nitrogen and oxygen atoms in total. The van der Waals surface area contributed by atoms with Crippen LogP contribution in [-0.4, -0.2) is 10.9 Å². The van der Waals surface area contributed by atoms with Gasteiger partial charge in [-0.2, -0.15) is 5.26 Å². The minimum absolute atomic E-state index is 0.196. The molecule has 2 aromatic rings. The quantitative estimate of drug-likeness (QED) is 0.806. The summed E-state index contributed by atoms with van der Waals surface area (Å²) < 4.78 is 13.6. The van der Waals surface area contributed by atoms with Gasteiger partial charge in [-0.25, -0.2) is 4.39 Å². The van der Waals surface area contributed by atoms with Gasteiger partial charge >= 0.3 is 0 Å². The summed E-state index contributed by atoms with van der Waals surface area (Å²) in [5.41, 5.74) is 3.52. The average Bonchev–Trinajstić information content (AvgIpc) is 2.55. The maximum Gasteiger partial charge on any atom is 0.233 e. The Morgan fingerprint density at radius 3 is 2.81 bits per heavy atom. The lowest BCUT2D eigenvalue weighted by Gasteiger charge is -2.11. The highest BCUT2D eigenvalue weighted by atomic mass is 19.1. The fraction of sp³-hybridized carbons (Fsp3) is 0.188. The average molecular weight is 281 g/mol. The topological polar surface area (TPSA) is 65.8 Å². The maximum absolute atomic E-state index is 13.6. The molecule has 1 amide bonds. The Bertz CT molecular complexity index is 808. The summed E-state index contributed by atoms with van der Waals surface area (Å²) in [6, 6.07) is 6.87. The number of benzene rings is 1. The van der Waals surface area contributed by atoms with Crippen LogP contribution in [0.4, 0.5) is 10.1 Å². The molecule has 21 heavy (non-hydrogen) atoms. The van der Waals surface area contributed by atoms with Crippen molar-refractivity contribution in [2.75, 3.05) is 5.32 Å². The highest BCUT2D eigenvalue weighted by Crippen LogP contribution is 2.38. The van der Waals surface area contributed by atoms with E-state index >= 15 is 0 Å². The number of amides is 1. The van der Waals surface area contributed by atoms with E-state index in [2.05, 4.69) is 16.4 Å². The number of hydrogen-bond acceptors (Lipinski definition) is 3. The number of nitrogens with one attached hydrogen (secondary N) is 1. The first-order valence-electron chi connectivity index (χ1n) is 6.52. The number of aryl methyl sites for hydroxylation is 1. The Kier molecular flexibility index (Phi) is 2.95. The number of carbonyl (C=O) groups excluding carboxylic acids is 1. The fourth-order valence-electron chi connectivity index (χ4n) is 2.53. The number of fused-ring (bicyclic) bond motifs is 3. The van der Waals surface area contributed by atoms with Gasteiger partial charge in [-0.1, -0.05) is 0 Å². The Morgan fingerprint density at radius 1 is 1.33 bits per heavy atom. The predicted octanol–water partition coefficient (Wildman–Crippen LogP) is 3.12. The second-order valence-electron chi connectivity index (χ2n) is 5.12. The van der Waals surface area contributed by atoms with E-state index in [1.807, 2.05) is 0 Å². The van der Waals surface area contributed by atoms with Crippen LogP contribution in [0.1, 0.15) is 29.7 Å². The van der Waals surface area contributed by atoms with Crippen molar-refractivity contribution in [1.82, 2.24) is 4.98 Å². The van der Waals surface area contributed by atoms with Gasteiger partial charge < -0.3 is 5.32 Å². The monoisotopic (exact) mass is 281 g/mol. The van der Waals surface area contributed by atoms with Crippen LogP contribution in [0, 0.1) is 24.1 Å². The van der Waals surface area contributed by atoms with E-state index in [1.54, 1.807) is 26.0 Å². The molecular weight excluding hydrogens is 269 g/mol. The summed E-state index contributed by atoms with van der Waals surface area (Å²) in [4.78, 5) is 16.2. The molecule has 0 saturated carbocycles. The molecule has 0 fully saturated rings. The molecule has 3 rings (SSSR count). The van der Waals surface area contributed by atoms with Gasteiger partial charge in [-0.15, -0.1) is 0 Å². The summed E-state index contributed by atoms with van der Waals surface area (Å²) >= 11 is 0. The lowest BCUT2D eigenvalue weighted by molar-refractivity contribution is -0.117. The molecule has 2 heterocycles. The van der Waals surface area contributed by atoms with Crippen LogP contribution >= 0.6 is 0 Å². The van der Waals surface area contributed by atoms with Crippen LogP contribution in [0.15, 0.2) is 24.4 Å². The normalized spacial score (nSPS) is 16.3. The molecule has 1 atom stereocenters. The van der Waals surface area contributed by atoms with Crippen molar-refractivity contribution in [3.63, 3.8) is 0 Å². The highest BCUT2D eigenvalue weighted by molar-refractivity contribution is 6.03. The van der Waals surface area contributed by atoms with Gasteiger partial charge in [0.15, 0.2) is 0 Å². The van der Waals surface area contributed by atoms with Gasteiger partial charge in [0.2, 0.25) is 5.91 Å². The van der Waals surface area contributed by atoms with Crippen LogP contribution in [0.5, 0.6) is 0 Å². The number of rotatable bonds is 0. The number of hydrogen-bond donors (Lipinski definition) is 1. The van der Waals surface area contributed by atoms with Crippen LogP contribution in [-0.2, 0) is 4.79 Å². The zero-order chi connectivity index (χ0) is 15.1. The van der Waals surface area contributed by atoms with Crippen molar-refractivity contribution in [2.24, 2.45) is 0 Å². The molecule has 1 aromatic heterocycles. The van der Waals surface area contributed by atoms with Gasteiger partial charge in [-0.05, 0) is 37.6 Å². The first-order chi connectivity index (χ1) is 10.0. The molecule has 0 spiro atoms. The van der Waals surface area contributed by atoms with Crippen LogP contribution < -0.4 is 5.32 Å². The smallest absolute Gasteiger partial charge is 0.233 e. The van der Waals surface area contributed by atoms with E-state index in [1.165, 1.54) is 6.07 Å². The molecule has 5 heteroatoms. The van der Waals surface area contributed by atoms with Crippen molar-refractivity contribution in [3.8, 4) is 17.2 Å². The molecule has 0 radical (unpaired) electrons. The first-order valence-corrected chi connectivity index (χ1v) is 6.52. The van der Waals surface area contributed by atoms with Crippen molar-refractivity contribution >= 4 is 11.6 Å². The number of aromatic nitrogens is 1. The van der Waals surface area contributed by atoms with E-state index in [0.717, 1.165) is 11.8 Å². The lowest BCUT2D eigenvalue weighted by Crippen LogP contribution is -2.18. The largest absolute Gasteiger partial charge is 0.325 e. The van der Waals surface area contributed by atoms with Crippen LogP contribution in [0.3, 0.4) is 0 Å². The Morgan fingerprint density at radius 2 is 2.10 bits per heavy atom. The van der Waals surface area contributed by atoms with Gasteiger partial charge in [0.25, 0.3) is 0 Å². The second kappa shape index (κ2) is 4.67. The molecule has 0 bridgehead atoms. The Balaban J connectivity index is 2.37. The van der Waals surface area contributed by atoms with Crippen LogP contribution in [0.2, 0.25) is 0 Å². The Labute approximate surface area is 121 Å². The standard InChI is InChI=1S/C16H12FN3O/c1-8-3-14-12(4-10(8)6-18)13-5-11(17)7-19-15(13)9(2)16(21)20-14/h3-5,7,9H,1-2H3,(H,20,21). The summed E-state index contributed by atoms with van der Waals surface area (Å²) in [7, 11) is 0. The van der Waals surface area contributed by atoms with Crippen molar-refractivity contribution in [1.29, 1.82) is 5.26 Å². The molecule has 1 aliphatic rings.